The first-order chi connectivity index (χ1) is 6.24. The van der Waals surface area contributed by atoms with Gasteiger partial charge in [-0.1, -0.05) is 27.7 Å². The molecule has 0 aromatic rings. The molecule has 0 saturated carbocycles. The first-order valence-electron chi connectivity index (χ1n) is 5.17. The Morgan fingerprint density at radius 2 is 1.85 bits per heavy atom. The first kappa shape index (κ1) is 14.9. The van der Waals surface area contributed by atoms with E-state index in [2.05, 4.69) is 24.1 Å². The van der Waals surface area contributed by atoms with E-state index in [-0.39, 0.29) is 5.91 Å². The third kappa shape index (κ3) is 9.34. The summed E-state index contributed by atoms with van der Waals surface area (Å²) in [5, 5.41) is 2.61. The van der Waals surface area contributed by atoms with Gasteiger partial charge in [-0.2, -0.15) is 0 Å². The van der Waals surface area contributed by atoms with Crippen molar-refractivity contribution in [2.75, 3.05) is 26.7 Å². The predicted molar refractivity (Wildman–Crippen MR) is 57.8 cm³/mol. The number of carbonyl (C=O) groups is 1. The van der Waals surface area contributed by atoms with E-state index in [0.29, 0.717) is 6.54 Å². The molecular formula is C10H24N2O. The van der Waals surface area contributed by atoms with Crippen molar-refractivity contribution in [1.82, 2.24) is 10.2 Å². The Balaban J connectivity index is 0. The van der Waals surface area contributed by atoms with Gasteiger partial charge in [0.1, 0.15) is 0 Å². The van der Waals surface area contributed by atoms with Gasteiger partial charge in [-0.3, -0.25) is 9.69 Å². The van der Waals surface area contributed by atoms with E-state index >= 15 is 0 Å². The molecule has 0 fully saturated rings. The summed E-state index contributed by atoms with van der Waals surface area (Å²) < 4.78 is 0. The molecule has 0 heterocycles. The Hall–Kier alpha value is -0.570. The predicted octanol–water partition coefficient (Wildman–Crippen LogP) is 1.49. The van der Waals surface area contributed by atoms with Crippen LogP contribution in [0.25, 0.3) is 0 Å². The summed E-state index contributed by atoms with van der Waals surface area (Å²) in [7, 11) is 1.67. The summed E-state index contributed by atoms with van der Waals surface area (Å²) in [5.74, 6) is 0.0975. The normalized spacial score (nSPS) is 9.08. The molecule has 0 aliphatic carbocycles. The lowest BCUT2D eigenvalue weighted by atomic mass is 10.4. The fourth-order valence-corrected chi connectivity index (χ4v) is 0.947. The van der Waals surface area contributed by atoms with Crippen molar-refractivity contribution in [2.45, 2.75) is 34.1 Å². The minimum Gasteiger partial charge on any atom is -0.358 e. The molecule has 0 radical (unpaired) electrons. The number of nitrogens with one attached hydrogen (secondary N) is 1. The van der Waals surface area contributed by atoms with Gasteiger partial charge in [0.05, 0.1) is 6.54 Å². The number of nitrogens with zero attached hydrogens (tertiary/aromatic N) is 1. The highest BCUT2D eigenvalue weighted by Gasteiger charge is 2.04. The summed E-state index contributed by atoms with van der Waals surface area (Å²) >= 11 is 0. The van der Waals surface area contributed by atoms with Crippen LogP contribution < -0.4 is 5.32 Å². The molecule has 0 unspecified atom stereocenters. The van der Waals surface area contributed by atoms with Crippen LogP contribution in [-0.4, -0.2) is 37.5 Å². The Kier molecular flexibility index (Phi) is 13.1. The SMILES string of the molecule is CC.CCCN(CC)CC(=O)NC. The molecule has 0 spiro atoms. The second-order valence-electron chi connectivity index (χ2n) is 2.54. The summed E-state index contributed by atoms with van der Waals surface area (Å²) in [6.07, 6.45) is 1.10. The lowest BCUT2D eigenvalue weighted by Gasteiger charge is -2.17. The Morgan fingerprint density at radius 1 is 1.31 bits per heavy atom. The maximum atomic E-state index is 10.9. The summed E-state index contributed by atoms with van der Waals surface area (Å²) in [5.41, 5.74) is 0. The molecule has 0 atom stereocenters. The molecule has 13 heavy (non-hydrogen) atoms. The number of likely N-dealkylation sites (N-methyl/N-ethyl adjacent to an activating group) is 2. The lowest BCUT2D eigenvalue weighted by Crippen LogP contribution is -2.35. The number of amides is 1. The molecule has 0 rings (SSSR count). The van der Waals surface area contributed by atoms with Gasteiger partial charge < -0.3 is 5.32 Å². The van der Waals surface area contributed by atoms with Gasteiger partial charge >= 0.3 is 0 Å². The van der Waals surface area contributed by atoms with Gasteiger partial charge in [0.2, 0.25) is 5.91 Å². The molecule has 1 amide bonds. The molecule has 3 nitrogen and oxygen atoms in total. The second kappa shape index (κ2) is 11.4. The van der Waals surface area contributed by atoms with Crippen molar-refractivity contribution >= 4 is 5.91 Å². The zero-order chi connectivity index (χ0) is 10.7. The molecule has 1 N–H and O–H groups in total. The smallest absolute Gasteiger partial charge is 0.233 e. The van der Waals surface area contributed by atoms with Gasteiger partial charge in [-0.25, -0.2) is 0 Å². The van der Waals surface area contributed by atoms with E-state index < -0.39 is 0 Å². The molecular weight excluding hydrogens is 164 g/mol. The van der Waals surface area contributed by atoms with E-state index in [0.717, 1.165) is 19.5 Å². The highest BCUT2D eigenvalue weighted by Crippen LogP contribution is 1.89. The molecule has 0 saturated heterocycles. The van der Waals surface area contributed by atoms with Crippen molar-refractivity contribution in [2.24, 2.45) is 0 Å². The Labute approximate surface area is 82.5 Å². The maximum Gasteiger partial charge on any atom is 0.233 e. The lowest BCUT2D eigenvalue weighted by molar-refractivity contribution is -0.121. The second-order valence-corrected chi connectivity index (χ2v) is 2.54. The van der Waals surface area contributed by atoms with Crippen LogP contribution in [0.5, 0.6) is 0 Å². The highest BCUT2D eigenvalue weighted by atomic mass is 16.1. The fourth-order valence-electron chi connectivity index (χ4n) is 0.947. The van der Waals surface area contributed by atoms with Crippen molar-refractivity contribution in [3.05, 3.63) is 0 Å². The third-order valence-corrected chi connectivity index (χ3v) is 1.63. The number of hydrogen-bond donors (Lipinski definition) is 1. The minimum absolute atomic E-state index is 0.0975. The largest absolute Gasteiger partial charge is 0.358 e. The van der Waals surface area contributed by atoms with Gasteiger partial charge in [0.25, 0.3) is 0 Å². The van der Waals surface area contributed by atoms with Gasteiger partial charge in [-0.15, -0.1) is 0 Å². The van der Waals surface area contributed by atoms with Crippen molar-refractivity contribution in [1.29, 1.82) is 0 Å². The van der Waals surface area contributed by atoms with Crippen molar-refractivity contribution in [3.63, 3.8) is 0 Å². The topological polar surface area (TPSA) is 32.3 Å². The molecule has 3 heteroatoms. The Morgan fingerprint density at radius 3 is 2.15 bits per heavy atom. The van der Waals surface area contributed by atoms with E-state index in [4.69, 9.17) is 0 Å². The van der Waals surface area contributed by atoms with Gasteiger partial charge in [0.15, 0.2) is 0 Å². The quantitative estimate of drug-likeness (QED) is 0.709. The Bertz CT molecular complexity index is 115. The third-order valence-electron chi connectivity index (χ3n) is 1.63. The first-order valence-corrected chi connectivity index (χ1v) is 5.17. The molecule has 80 valence electrons. The van der Waals surface area contributed by atoms with E-state index in [1.807, 2.05) is 13.8 Å². The molecule has 0 bridgehead atoms. The average Bonchev–Trinajstić information content (AvgIpc) is 2.20. The molecule has 0 aliphatic rings. The van der Waals surface area contributed by atoms with Crippen LogP contribution >= 0.6 is 0 Å². The number of rotatable bonds is 5. The minimum atomic E-state index is 0.0975. The van der Waals surface area contributed by atoms with E-state index in [9.17, 15) is 4.79 Å². The number of hydrogen-bond acceptors (Lipinski definition) is 2. The van der Waals surface area contributed by atoms with Crippen LogP contribution in [0.4, 0.5) is 0 Å². The van der Waals surface area contributed by atoms with Crippen LogP contribution in [0, 0.1) is 0 Å². The molecule has 0 aromatic heterocycles. The average molecular weight is 188 g/mol. The zero-order valence-corrected chi connectivity index (χ0v) is 9.68. The van der Waals surface area contributed by atoms with Crippen LogP contribution in [0.3, 0.4) is 0 Å². The van der Waals surface area contributed by atoms with Gasteiger partial charge in [0, 0.05) is 7.05 Å². The van der Waals surface area contributed by atoms with Crippen molar-refractivity contribution < 1.29 is 4.79 Å². The van der Waals surface area contributed by atoms with Crippen LogP contribution in [0.1, 0.15) is 34.1 Å². The highest BCUT2D eigenvalue weighted by molar-refractivity contribution is 5.77. The standard InChI is InChI=1S/C8H18N2O.C2H6/c1-4-6-10(5-2)7-8(11)9-3;1-2/h4-7H2,1-3H3,(H,9,11);1-2H3. The van der Waals surface area contributed by atoms with E-state index in [1.165, 1.54) is 0 Å². The summed E-state index contributed by atoms with van der Waals surface area (Å²) in [6.45, 7) is 10.7. The summed E-state index contributed by atoms with van der Waals surface area (Å²) in [4.78, 5) is 13.0. The fraction of sp³-hybridized carbons (Fsp3) is 0.900. The van der Waals surface area contributed by atoms with Crippen LogP contribution in [0.2, 0.25) is 0 Å². The van der Waals surface area contributed by atoms with E-state index in [1.54, 1.807) is 7.05 Å². The van der Waals surface area contributed by atoms with Crippen LogP contribution in [0.15, 0.2) is 0 Å². The molecule has 0 aromatic carbocycles. The monoisotopic (exact) mass is 188 g/mol. The zero-order valence-electron chi connectivity index (χ0n) is 9.68. The van der Waals surface area contributed by atoms with Gasteiger partial charge in [-0.05, 0) is 19.5 Å². The number of carbonyl (C=O) groups excluding carboxylic acids is 1. The summed E-state index contributed by atoms with van der Waals surface area (Å²) in [6, 6.07) is 0. The van der Waals surface area contributed by atoms with Crippen LogP contribution in [-0.2, 0) is 4.79 Å². The molecule has 0 aliphatic heterocycles. The van der Waals surface area contributed by atoms with Crippen molar-refractivity contribution in [3.8, 4) is 0 Å². The maximum absolute atomic E-state index is 10.9.